The maximum absolute atomic E-state index is 13.0. The van der Waals surface area contributed by atoms with Crippen molar-refractivity contribution < 1.29 is 9.18 Å². The number of nitrogens with one attached hydrogen (secondary N) is 2. The Morgan fingerprint density at radius 2 is 2.04 bits per heavy atom. The van der Waals surface area contributed by atoms with Gasteiger partial charge in [0, 0.05) is 43.7 Å². The van der Waals surface area contributed by atoms with Gasteiger partial charge in [-0.1, -0.05) is 6.42 Å². The van der Waals surface area contributed by atoms with Crippen molar-refractivity contribution in [1.82, 2.24) is 20.4 Å². The zero-order valence-corrected chi connectivity index (χ0v) is 13.7. The summed E-state index contributed by atoms with van der Waals surface area (Å²) in [4.78, 5) is 13.9. The number of nitrogens with zero attached hydrogens (tertiary/aromatic N) is 2. The molecule has 24 heavy (non-hydrogen) atoms. The molecule has 6 heteroatoms. The van der Waals surface area contributed by atoms with Gasteiger partial charge >= 0.3 is 0 Å². The van der Waals surface area contributed by atoms with Crippen LogP contribution in [0.3, 0.4) is 0 Å². The average Bonchev–Trinajstić information content (AvgIpc) is 2.95. The van der Waals surface area contributed by atoms with Crippen molar-refractivity contribution in [2.45, 2.75) is 32.2 Å². The van der Waals surface area contributed by atoms with Gasteiger partial charge in [0.05, 0.1) is 11.9 Å². The summed E-state index contributed by atoms with van der Waals surface area (Å²) in [5, 5.41) is 10.4. The second kappa shape index (κ2) is 8.06. The smallest absolute Gasteiger partial charge is 0.222 e. The van der Waals surface area contributed by atoms with E-state index in [1.54, 1.807) is 18.3 Å². The fourth-order valence-electron chi connectivity index (χ4n) is 3.02. The molecule has 0 aliphatic carbocycles. The first-order chi connectivity index (χ1) is 11.7. The van der Waals surface area contributed by atoms with Crippen LogP contribution in [0, 0.1) is 5.82 Å². The molecule has 1 aromatic heterocycles. The quantitative estimate of drug-likeness (QED) is 0.801. The molecule has 3 rings (SSSR count). The van der Waals surface area contributed by atoms with Crippen molar-refractivity contribution in [2.75, 3.05) is 19.6 Å². The molecule has 1 aliphatic rings. The standard InChI is InChI=1S/C18H23FN4O/c19-16-7-5-14(6-8-16)18-15(13-21-22-18)12-20-9-11-23-10-3-1-2-4-17(23)24/h5-8,13,20H,1-4,9-12H2,(H,21,22). The molecular weight excluding hydrogens is 307 g/mol. The summed E-state index contributed by atoms with van der Waals surface area (Å²) >= 11 is 0. The van der Waals surface area contributed by atoms with Crippen LogP contribution in [0.25, 0.3) is 11.3 Å². The molecule has 1 aliphatic heterocycles. The normalized spacial score (nSPS) is 15.5. The first-order valence-corrected chi connectivity index (χ1v) is 8.51. The minimum Gasteiger partial charge on any atom is -0.341 e. The molecule has 0 bridgehead atoms. The van der Waals surface area contributed by atoms with E-state index in [-0.39, 0.29) is 11.7 Å². The van der Waals surface area contributed by atoms with E-state index in [1.807, 2.05) is 4.90 Å². The molecule has 1 saturated heterocycles. The third-order valence-electron chi connectivity index (χ3n) is 4.40. The Kier molecular flexibility index (Phi) is 5.59. The highest BCUT2D eigenvalue weighted by Gasteiger charge is 2.15. The molecule has 1 aromatic carbocycles. The molecule has 2 aromatic rings. The molecule has 1 amide bonds. The molecule has 0 spiro atoms. The molecule has 0 atom stereocenters. The third-order valence-corrected chi connectivity index (χ3v) is 4.40. The highest BCUT2D eigenvalue weighted by Crippen LogP contribution is 2.21. The summed E-state index contributed by atoms with van der Waals surface area (Å²) in [5.74, 6) is 0.0182. The number of hydrogen-bond acceptors (Lipinski definition) is 3. The number of carbonyl (C=O) groups is 1. The average molecular weight is 330 g/mol. The van der Waals surface area contributed by atoms with Crippen molar-refractivity contribution >= 4 is 5.91 Å². The fourth-order valence-corrected chi connectivity index (χ4v) is 3.02. The minimum atomic E-state index is -0.250. The number of aromatic nitrogens is 2. The molecule has 128 valence electrons. The summed E-state index contributed by atoms with van der Waals surface area (Å²) in [5.41, 5.74) is 2.84. The molecule has 5 nitrogen and oxygen atoms in total. The Morgan fingerprint density at radius 1 is 1.21 bits per heavy atom. The van der Waals surface area contributed by atoms with E-state index in [0.29, 0.717) is 13.0 Å². The van der Waals surface area contributed by atoms with Crippen LogP contribution in [-0.4, -0.2) is 40.6 Å². The van der Waals surface area contributed by atoms with Crippen LogP contribution in [0.1, 0.15) is 31.2 Å². The van der Waals surface area contributed by atoms with E-state index < -0.39 is 0 Å². The second-order valence-electron chi connectivity index (χ2n) is 6.15. The number of carbonyl (C=O) groups excluding carboxylic acids is 1. The number of hydrogen-bond donors (Lipinski definition) is 2. The molecule has 0 unspecified atom stereocenters. The SMILES string of the molecule is O=C1CCCCCN1CCNCc1cn[nH]c1-c1ccc(F)cc1. The summed E-state index contributed by atoms with van der Waals surface area (Å²) < 4.78 is 13.0. The second-order valence-corrected chi connectivity index (χ2v) is 6.15. The van der Waals surface area contributed by atoms with Crippen molar-refractivity contribution in [3.05, 3.63) is 41.8 Å². The van der Waals surface area contributed by atoms with Crippen LogP contribution in [0.4, 0.5) is 4.39 Å². The van der Waals surface area contributed by atoms with Gasteiger partial charge in [-0.3, -0.25) is 9.89 Å². The van der Waals surface area contributed by atoms with E-state index in [0.717, 1.165) is 55.7 Å². The molecule has 1 fully saturated rings. The summed E-state index contributed by atoms with van der Waals surface area (Å²) in [7, 11) is 0. The predicted octanol–water partition coefficient (Wildman–Crippen LogP) is 2.71. The number of rotatable bonds is 6. The number of benzene rings is 1. The van der Waals surface area contributed by atoms with E-state index in [4.69, 9.17) is 0 Å². The highest BCUT2D eigenvalue weighted by molar-refractivity contribution is 5.76. The summed E-state index contributed by atoms with van der Waals surface area (Å²) in [6, 6.07) is 6.36. The molecule has 2 heterocycles. The van der Waals surface area contributed by atoms with Gasteiger partial charge in [-0.2, -0.15) is 5.10 Å². The number of amides is 1. The van der Waals surface area contributed by atoms with Crippen molar-refractivity contribution in [2.24, 2.45) is 0 Å². The number of H-pyrrole nitrogens is 1. The Balaban J connectivity index is 1.51. The minimum absolute atomic E-state index is 0.250. The Labute approximate surface area is 141 Å². The lowest BCUT2D eigenvalue weighted by Crippen LogP contribution is -2.36. The number of likely N-dealkylation sites (tertiary alicyclic amines) is 1. The van der Waals surface area contributed by atoms with Gasteiger partial charge in [-0.25, -0.2) is 4.39 Å². The van der Waals surface area contributed by atoms with Gasteiger partial charge in [0.1, 0.15) is 5.82 Å². The largest absolute Gasteiger partial charge is 0.341 e. The van der Waals surface area contributed by atoms with E-state index in [2.05, 4.69) is 15.5 Å². The van der Waals surface area contributed by atoms with Gasteiger partial charge < -0.3 is 10.2 Å². The van der Waals surface area contributed by atoms with Crippen molar-refractivity contribution in [1.29, 1.82) is 0 Å². The van der Waals surface area contributed by atoms with E-state index >= 15 is 0 Å². The van der Waals surface area contributed by atoms with E-state index in [9.17, 15) is 9.18 Å². The van der Waals surface area contributed by atoms with Gasteiger partial charge in [0.2, 0.25) is 5.91 Å². The Hall–Kier alpha value is -2.21. The first kappa shape index (κ1) is 16.6. The lowest BCUT2D eigenvalue weighted by molar-refractivity contribution is -0.130. The molecule has 0 radical (unpaired) electrons. The lowest BCUT2D eigenvalue weighted by atomic mass is 10.1. The topological polar surface area (TPSA) is 61.0 Å². The maximum atomic E-state index is 13.0. The maximum Gasteiger partial charge on any atom is 0.222 e. The van der Waals surface area contributed by atoms with Crippen LogP contribution in [-0.2, 0) is 11.3 Å². The lowest BCUT2D eigenvalue weighted by Gasteiger charge is -2.20. The fraction of sp³-hybridized carbons (Fsp3) is 0.444. The number of halogens is 1. The Bertz CT molecular complexity index is 668. The summed E-state index contributed by atoms with van der Waals surface area (Å²) in [6.45, 7) is 3.01. The van der Waals surface area contributed by atoms with Crippen LogP contribution in [0.15, 0.2) is 30.5 Å². The van der Waals surface area contributed by atoms with Crippen LogP contribution in [0.5, 0.6) is 0 Å². The van der Waals surface area contributed by atoms with Gasteiger partial charge in [-0.15, -0.1) is 0 Å². The molecule has 2 N–H and O–H groups in total. The third kappa shape index (κ3) is 4.20. The number of aromatic amines is 1. The van der Waals surface area contributed by atoms with Crippen LogP contribution < -0.4 is 5.32 Å². The van der Waals surface area contributed by atoms with Gasteiger partial charge in [0.15, 0.2) is 0 Å². The zero-order chi connectivity index (χ0) is 16.8. The predicted molar refractivity (Wildman–Crippen MR) is 90.7 cm³/mol. The highest BCUT2D eigenvalue weighted by atomic mass is 19.1. The van der Waals surface area contributed by atoms with Gasteiger partial charge in [0.25, 0.3) is 0 Å². The van der Waals surface area contributed by atoms with Crippen molar-refractivity contribution in [3.8, 4) is 11.3 Å². The monoisotopic (exact) mass is 330 g/mol. The first-order valence-electron chi connectivity index (χ1n) is 8.51. The van der Waals surface area contributed by atoms with Crippen LogP contribution in [0.2, 0.25) is 0 Å². The van der Waals surface area contributed by atoms with Crippen molar-refractivity contribution in [3.63, 3.8) is 0 Å². The zero-order valence-electron chi connectivity index (χ0n) is 13.7. The summed E-state index contributed by atoms with van der Waals surface area (Å²) in [6.07, 6.45) is 5.71. The molecule has 0 saturated carbocycles. The van der Waals surface area contributed by atoms with E-state index in [1.165, 1.54) is 12.1 Å². The Morgan fingerprint density at radius 3 is 2.88 bits per heavy atom. The molecular formula is C18H23FN4O. The van der Waals surface area contributed by atoms with Gasteiger partial charge in [-0.05, 0) is 37.1 Å². The van der Waals surface area contributed by atoms with Crippen LogP contribution >= 0.6 is 0 Å².